The third-order valence-corrected chi connectivity index (χ3v) is 3.50. The fourth-order valence-electron chi connectivity index (χ4n) is 2.49. The molecule has 1 aliphatic rings. The van der Waals surface area contributed by atoms with E-state index in [1.165, 1.54) is 23.9 Å². The van der Waals surface area contributed by atoms with Gasteiger partial charge in [-0.05, 0) is 19.8 Å². The summed E-state index contributed by atoms with van der Waals surface area (Å²) in [5.74, 6) is -0.00660. The number of nitrogens with zero attached hydrogens (tertiary/aromatic N) is 3. The van der Waals surface area contributed by atoms with E-state index in [2.05, 4.69) is 22.6 Å². The highest BCUT2D eigenvalue weighted by atomic mass is 16.2. The quantitative estimate of drug-likeness (QED) is 0.819. The van der Waals surface area contributed by atoms with Crippen molar-refractivity contribution in [1.29, 1.82) is 0 Å². The lowest BCUT2D eigenvalue weighted by Crippen LogP contribution is -2.48. The number of carbonyl (C=O) groups excluding carboxylic acids is 1. The Labute approximate surface area is 107 Å². The highest BCUT2D eigenvalue weighted by molar-refractivity contribution is 5.76. The van der Waals surface area contributed by atoms with Gasteiger partial charge in [0.1, 0.15) is 6.54 Å². The molecule has 0 aliphatic heterocycles. The van der Waals surface area contributed by atoms with Gasteiger partial charge in [0.2, 0.25) is 5.91 Å². The highest BCUT2D eigenvalue weighted by Crippen LogP contribution is 2.27. The molecule has 1 amide bonds. The first kappa shape index (κ1) is 13.0. The molecule has 1 aromatic rings. The Kier molecular flexibility index (Phi) is 3.96. The van der Waals surface area contributed by atoms with Gasteiger partial charge in [-0.15, -0.1) is 5.10 Å². The zero-order valence-corrected chi connectivity index (χ0v) is 10.9. The molecule has 18 heavy (non-hydrogen) atoms. The summed E-state index contributed by atoms with van der Waals surface area (Å²) in [7, 11) is 0. The van der Waals surface area contributed by atoms with Crippen molar-refractivity contribution in [3.63, 3.8) is 0 Å². The molecule has 3 N–H and O–H groups in total. The van der Waals surface area contributed by atoms with Gasteiger partial charge in [0.25, 0.3) is 0 Å². The summed E-state index contributed by atoms with van der Waals surface area (Å²) >= 11 is 0. The first-order valence-electron chi connectivity index (χ1n) is 6.51. The third-order valence-electron chi connectivity index (χ3n) is 3.50. The van der Waals surface area contributed by atoms with E-state index in [9.17, 15) is 4.79 Å². The van der Waals surface area contributed by atoms with Crippen LogP contribution < -0.4 is 11.1 Å². The van der Waals surface area contributed by atoms with Gasteiger partial charge in [0.15, 0.2) is 0 Å². The van der Waals surface area contributed by atoms with Crippen molar-refractivity contribution < 1.29 is 4.79 Å². The van der Waals surface area contributed by atoms with E-state index in [1.807, 2.05) is 0 Å². The molecule has 6 heteroatoms. The van der Waals surface area contributed by atoms with Crippen molar-refractivity contribution in [3.05, 3.63) is 11.9 Å². The molecule has 0 bridgehead atoms. The van der Waals surface area contributed by atoms with Gasteiger partial charge >= 0.3 is 0 Å². The normalized spacial score (nSPS) is 18.6. The van der Waals surface area contributed by atoms with Crippen molar-refractivity contribution in [2.75, 3.05) is 0 Å². The van der Waals surface area contributed by atoms with Crippen LogP contribution >= 0.6 is 0 Å². The van der Waals surface area contributed by atoms with Crippen LogP contribution in [0.2, 0.25) is 0 Å². The smallest absolute Gasteiger partial charge is 0.242 e. The standard InChI is InChI=1S/C12H21N5O/c1-12(5-3-2-4-6-12)14-11(18)9-17-8-10(7-13)15-16-17/h8H,2-7,9,13H2,1H3,(H,14,18). The van der Waals surface area contributed by atoms with Crippen LogP contribution in [0.25, 0.3) is 0 Å². The molecule has 1 aliphatic carbocycles. The second kappa shape index (κ2) is 5.48. The Morgan fingerprint density at radius 1 is 1.50 bits per heavy atom. The van der Waals surface area contributed by atoms with E-state index in [0.29, 0.717) is 12.2 Å². The van der Waals surface area contributed by atoms with Crippen molar-refractivity contribution in [1.82, 2.24) is 20.3 Å². The average molecular weight is 251 g/mol. The lowest BCUT2D eigenvalue weighted by molar-refractivity contribution is -0.124. The first-order chi connectivity index (χ1) is 8.61. The molecule has 2 rings (SSSR count). The molecule has 6 nitrogen and oxygen atoms in total. The maximum atomic E-state index is 12.0. The number of amides is 1. The number of aromatic nitrogens is 3. The molecule has 1 saturated carbocycles. The van der Waals surface area contributed by atoms with Crippen molar-refractivity contribution in [2.45, 2.75) is 57.7 Å². The Balaban J connectivity index is 1.87. The van der Waals surface area contributed by atoms with Gasteiger partial charge in [-0.1, -0.05) is 24.5 Å². The number of nitrogens with two attached hydrogens (primary N) is 1. The van der Waals surface area contributed by atoms with Gasteiger partial charge in [-0.25, -0.2) is 4.68 Å². The summed E-state index contributed by atoms with van der Waals surface area (Å²) in [6, 6.07) is 0. The van der Waals surface area contributed by atoms with E-state index < -0.39 is 0 Å². The number of nitrogens with one attached hydrogen (secondary N) is 1. The molecule has 0 aromatic carbocycles. The van der Waals surface area contributed by atoms with Crippen LogP contribution in [-0.4, -0.2) is 26.4 Å². The summed E-state index contributed by atoms with van der Waals surface area (Å²) in [5, 5.41) is 10.8. The molecule has 0 radical (unpaired) electrons. The minimum atomic E-state index is -0.0490. The van der Waals surface area contributed by atoms with Crippen LogP contribution in [0.5, 0.6) is 0 Å². The van der Waals surface area contributed by atoms with E-state index in [0.717, 1.165) is 12.8 Å². The SMILES string of the molecule is CC1(NC(=O)Cn2cc(CN)nn2)CCCCC1. The minimum absolute atomic E-state index is 0.00660. The second-order valence-corrected chi connectivity index (χ2v) is 5.28. The summed E-state index contributed by atoms with van der Waals surface area (Å²) in [6.07, 6.45) is 7.49. The minimum Gasteiger partial charge on any atom is -0.349 e. The molecule has 1 heterocycles. The van der Waals surface area contributed by atoms with Crippen molar-refractivity contribution in [3.8, 4) is 0 Å². The number of carbonyl (C=O) groups is 1. The highest BCUT2D eigenvalue weighted by Gasteiger charge is 2.28. The lowest BCUT2D eigenvalue weighted by Gasteiger charge is -2.34. The van der Waals surface area contributed by atoms with Crippen LogP contribution in [0.3, 0.4) is 0 Å². The lowest BCUT2D eigenvalue weighted by atomic mass is 9.83. The maximum Gasteiger partial charge on any atom is 0.242 e. The Bertz CT molecular complexity index is 408. The predicted molar refractivity (Wildman–Crippen MR) is 67.5 cm³/mol. The zero-order chi connectivity index (χ0) is 13.0. The van der Waals surface area contributed by atoms with Crippen LogP contribution in [0.15, 0.2) is 6.20 Å². The summed E-state index contributed by atoms with van der Waals surface area (Å²) in [5.41, 5.74) is 6.10. The Morgan fingerprint density at radius 2 is 2.22 bits per heavy atom. The van der Waals surface area contributed by atoms with Crippen LogP contribution in [0.4, 0.5) is 0 Å². The van der Waals surface area contributed by atoms with Gasteiger partial charge in [-0.3, -0.25) is 4.79 Å². The monoisotopic (exact) mass is 251 g/mol. The van der Waals surface area contributed by atoms with Gasteiger partial charge in [0.05, 0.1) is 11.9 Å². The molecule has 0 saturated heterocycles. The van der Waals surface area contributed by atoms with Gasteiger partial charge < -0.3 is 11.1 Å². The van der Waals surface area contributed by atoms with Gasteiger partial charge in [-0.2, -0.15) is 0 Å². The molecule has 0 unspecified atom stereocenters. The second-order valence-electron chi connectivity index (χ2n) is 5.28. The Hall–Kier alpha value is -1.43. The molecular weight excluding hydrogens is 230 g/mol. The van der Waals surface area contributed by atoms with E-state index in [1.54, 1.807) is 6.20 Å². The van der Waals surface area contributed by atoms with Crippen molar-refractivity contribution in [2.24, 2.45) is 5.73 Å². The summed E-state index contributed by atoms with van der Waals surface area (Å²) in [4.78, 5) is 12.0. The molecule has 1 aromatic heterocycles. The van der Waals surface area contributed by atoms with E-state index in [-0.39, 0.29) is 18.0 Å². The summed E-state index contributed by atoms with van der Waals surface area (Å²) < 4.78 is 1.53. The van der Waals surface area contributed by atoms with Crippen LogP contribution in [-0.2, 0) is 17.9 Å². The Morgan fingerprint density at radius 3 is 2.83 bits per heavy atom. The van der Waals surface area contributed by atoms with Crippen LogP contribution in [0, 0.1) is 0 Å². The number of rotatable bonds is 4. The molecule has 0 spiro atoms. The first-order valence-corrected chi connectivity index (χ1v) is 6.51. The predicted octanol–water partition coefficient (Wildman–Crippen LogP) is 0.576. The van der Waals surface area contributed by atoms with E-state index in [4.69, 9.17) is 5.73 Å². The largest absolute Gasteiger partial charge is 0.349 e. The van der Waals surface area contributed by atoms with Gasteiger partial charge in [0, 0.05) is 12.1 Å². The topological polar surface area (TPSA) is 85.8 Å². The van der Waals surface area contributed by atoms with E-state index >= 15 is 0 Å². The third kappa shape index (κ3) is 3.29. The molecular formula is C12H21N5O. The van der Waals surface area contributed by atoms with Crippen molar-refractivity contribution >= 4 is 5.91 Å². The molecule has 1 fully saturated rings. The maximum absolute atomic E-state index is 12.0. The number of hydrogen-bond acceptors (Lipinski definition) is 4. The number of hydrogen-bond donors (Lipinski definition) is 2. The summed E-state index contributed by atoms with van der Waals surface area (Å²) in [6.45, 7) is 2.68. The average Bonchev–Trinajstić information content (AvgIpc) is 2.76. The van der Waals surface area contributed by atoms with Crippen LogP contribution in [0.1, 0.15) is 44.7 Å². The fraction of sp³-hybridized carbons (Fsp3) is 0.750. The zero-order valence-electron chi connectivity index (χ0n) is 10.9. The molecule has 0 atom stereocenters. The molecule has 100 valence electrons. The fourth-order valence-corrected chi connectivity index (χ4v) is 2.49.